The molecule has 1 atom stereocenters. The van der Waals surface area contributed by atoms with Crippen LogP contribution in [0.1, 0.15) is 38.9 Å². The van der Waals surface area contributed by atoms with Gasteiger partial charge in [0.15, 0.2) is 5.52 Å². The first-order valence-electron chi connectivity index (χ1n) is 6.38. The maximum absolute atomic E-state index is 11.9. The fourth-order valence-electron chi connectivity index (χ4n) is 1.87. The molecule has 3 N–H and O–H groups in total. The Morgan fingerprint density at radius 3 is 2.84 bits per heavy atom. The van der Waals surface area contributed by atoms with E-state index in [0.29, 0.717) is 17.9 Å². The zero-order chi connectivity index (χ0) is 14.0. The van der Waals surface area contributed by atoms with Crippen LogP contribution in [0.15, 0.2) is 11.0 Å². The van der Waals surface area contributed by atoms with E-state index in [1.165, 1.54) is 6.20 Å². The van der Waals surface area contributed by atoms with Crippen molar-refractivity contribution in [1.82, 2.24) is 19.6 Å². The van der Waals surface area contributed by atoms with Gasteiger partial charge in [-0.3, -0.25) is 9.78 Å². The van der Waals surface area contributed by atoms with E-state index in [9.17, 15) is 4.79 Å². The number of nitrogens with zero attached hydrogens (tertiary/aromatic N) is 3. The lowest BCUT2D eigenvalue weighted by atomic mass is 10.2. The van der Waals surface area contributed by atoms with Crippen LogP contribution in [0.4, 0.5) is 5.95 Å². The highest BCUT2D eigenvalue weighted by Crippen LogP contribution is 2.12. The van der Waals surface area contributed by atoms with Crippen molar-refractivity contribution in [1.29, 1.82) is 0 Å². The van der Waals surface area contributed by atoms with Crippen molar-refractivity contribution in [2.75, 3.05) is 11.9 Å². The van der Waals surface area contributed by atoms with E-state index >= 15 is 0 Å². The summed E-state index contributed by atoms with van der Waals surface area (Å²) in [7, 11) is 0. The molecular weight excluding hydrogens is 246 g/mol. The van der Waals surface area contributed by atoms with Crippen molar-refractivity contribution < 1.29 is 5.11 Å². The van der Waals surface area contributed by atoms with Gasteiger partial charge in [-0.25, -0.2) is 9.50 Å². The molecule has 0 amide bonds. The summed E-state index contributed by atoms with van der Waals surface area (Å²) in [4.78, 5) is 18.8. The van der Waals surface area contributed by atoms with Crippen LogP contribution in [0.3, 0.4) is 0 Å². The number of rotatable bonds is 5. The lowest BCUT2D eigenvalue weighted by Gasteiger charge is -2.13. The third-order valence-corrected chi connectivity index (χ3v) is 2.89. The number of hydrogen-bond acceptors (Lipinski definition) is 5. The van der Waals surface area contributed by atoms with Gasteiger partial charge in [0.25, 0.3) is 5.56 Å². The molecule has 2 aromatic rings. The quantitative estimate of drug-likeness (QED) is 0.740. The Morgan fingerprint density at radius 1 is 1.47 bits per heavy atom. The lowest BCUT2D eigenvalue weighted by molar-refractivity contribution is 0.282. The number of aromatic amines is 1. The fourth-order valence-corrected chi connectivity index (χ4v) is 1.87. The van der Waals surface area contributed by atoms with E-state index in [1.807, 2.05) is 20.8 Å². The number of anilines is 1. The number of imidazole rings is 1. The molecule has 1 unspecified atom stereocenters. The van der Waals surface area contributed by atoms with Crippen LogP contribution in [0.25, 0.3) is 5.52 Å². The first kappa shape index (κ1) is 13.5. The molecule has 0 saturated heterocycles. The number of aliphatic hydroxyl groups excluding tert-OH is 1. The van der Waals surface area contributed by atoms with Crippen molar-refractivity contribution in [3.05, 3.63) is 22.4 Å². The lowest BCUT2D eigenvalue weighted by Crippen LogP contribution is -2.23. The molecule has 0 aliphatic carbocycles. The maximum atomic E-state index is 11.9. The van der Waals surface area contributed by atoms with Crippen LogP contribution in [0.2, 0.25) is 0 Å². The Hall–Kier alpha value is -1.89. The third kappa shape index (κ3) is 2.76. The molecule has 0 fully saturated rings. The van der Waals surface area contributed by atoms with E-state index in [4.69, 9.17) is 5.11 Å². The molecule has 0 radical (unpaired) electrons. The molecule has 0 aliphatic rings. The van der Waals surface area contributed by atoms with Crippen molar-refractivity contribution in [3.63, 3.8) is 0 Å². The number of aliphatic hydroxyl groups is 1. The first-order valence-corrected chi connectivity index (χ1v) is 6.38. The van der Waals surface area contributed by atoms with Gasteiger partial charge in [-0.2, -0.15) is 0 Å². The van der Waals surface area contributed by atoms with E-state index in [1.54, 1.807) is 4.52 Å². The maximum Gasteiger partial charge on any atom is 0.278 e. The average Bonchev–Trinajstić information content (AvgIpc) is 2.73. The van der Waals surface area contributed by atoms with Gasteiger partial charge in [-0.1, -0.05) is 13.8 Å². The van der Waals surface area contributed by atoms with Crippen LogP contribution in [-0.4, -0.2) is 37.3 Å². The van der Waals surface area contributed by atoms with Gasteiger partial charge in [-0.15, -0.1) is 5.10 Å². The van der Waals surface area contributed by atoms with Crippen molar-refractivity contribution in [3.8, 4) is 0 Å². The summed E-state index contributed by atoms with van der Waals surface area (Å²) in [5.74, 6) is 1.32. The fraction of sp³-hybridized carbons (Fsp3) is 0.583. The van der Waals surface area contributed by atoms with E-state index < -0.39 is 0 Å². The van der Waals surface area contributed by atoms with Crippen molar-refractivity contribution >= 4 is 11.5 Å². The highest BCUT2D eigenvalue weighted by Gasteiger charge is 2.13. The Morgan fingerprint density at radius 2 is 2.21 bits per heavy atom. The predicted molar refractivity (Wildman–Crippen MR) is 72.5 cm³/mol. The standard InChI is InChI=1S/C12H19N5O2/c1-7(2)10-13-6-9-11(19)15-12(16-17(9)10)14-8(3)4-5-18/h6-8,18H,4-5H2,1-3H3,(H2,14,15,16,19). The number of hydrogen-bond donors (Lipinski definition) is 3. The Bertz CT molecular complexity index is 616. The minimum atomic E-state index is -0.229. The van der Waals surface area contributed by atoms with Crippen molar-refractivity contribution in [2.45, 2.75) is 39.2 Å². The molecule has 104 valence electrons. The number of fused-ring (bicyclic) bond motifs is 1. The summed E-state index contributed by atoms with van der Waals surface area (Å²) in [5.41, 5.74) is 0.206. The molecule has 7 heteroatoms. The summed E-state index contributed by atoms with van der Waals surface area (Å²) in [5, 5.41) is 16.3. The number of nitrogens with one attached hydrogen (secondary N) is 2. The molecule has 0 aromatic carbocycles. The molecule has 19 heavy (non-hydrogen) atoms. The predicted octanol–water partition coefficient (Wildman–Crippen LogP) is 0.724. The molecule has 0 aliphatic heterocycles. The van der Waals surface area contributed by atoms with E-state index in [-0.39, 0.29) is 24.1 Å². The highest BCUT2D eigenvalue weighted by molar-refractivity contribution is 5.44. The van der Waals surface area contributed by atoms with E-state index in [2.05, 4.69) is 20.4 Å². The summed E-state index contributed by atoms with van der Waals surface area (Å²) in [6, 6.07) is 0.0246. The van der Waals surface area contributed by atoms with Gasteiger partial charge < -0.3 is 10.4 Å². The van der Waals surface area contributed by atoms with Gasteiger partial charge in [0.1, 0.15) is 5.82 Å². The topological polar surface area (TPSA) is 95.3 Å². The van der Waals surface area contributed by atoms with Crippen LogP contribution in [0, 0.1) is 0 Å². The third-order valence-electron chi connectivity index (χ3n) is 2.89. The second kappa shape index (κ2) is 5.40. The summed E-state index contributed by atoms with van der Waals surface area (Å²) in [6.07, 6.45) is 2.12. The van der Waals surface area contributed by atoms with Crippen molar-refractivity contribution in [2.24, 2.45) is 0 Å². The van der Waals surface area contributed by atoms with Crippen LogP contribution in [-0.2, 0) is 0 Å². The monoisotopic (exact) mass is 265 g/mol. The molecule has 2 aromatic heterocycles. The van der Waals surface area contributed by atoms with Gasteiger partial charge in [0, 0.05) is 18.6 Å². The Balaban J connectivity index is 2.41. The summed E-state index contributed by atoms with van der Waals surface area (Å²) in [6.45, 7) is 6.00. The summed E-state index contributed by atoms with van der Waals surface area (Å²) < 4.78 is 1.57. The smallest absolute Gasteiger partial charge is 0.278 e. The second-order valence-electron chi connectivity index (χ2n) is 4.93. The van der Waals surface area contributed by atoms with Crippen LogP contribution < -0.4 is 10.9 Å². The molecule has 2 heterocycles. The molecular formula is C12H19N5O2. The van der Waals surface area contributed by atoms with Crippen LogP contribution >= 0.6 is 0 Å². The van der Waals surface area contributed by atoms with Gasteiger partial charge in [-0.05, 0) is 13.3 Å². The van der Waals surface area contributed by atoms with Gasteiger partial charge in [0.05, 0.1) is 6.20 Å². The zero-order valence-electron chi connectivity index (χ0n) is 11.3. The minimum absolute atomic E-state index is 0.0246. The number of H-pyrrole nitrogens is 1. The summed E-state index contributed by atoms with van der Waals surface area (Å²) >= 11 is 0. The normalized spacial score (nSPS) is 13.1. The molecule has 2 rings (SSSR count). The second-order valence-corrected chi connectivity index (χ2v) is 4.93. The van der Waals surface area contributed by atoms with Crippen LogP contribution in [0.5, 0.6) is 0 Å². The first-order chi connectivity index (χ1) is 9.02. The Labute approximate surface area is 110 Å². The molecule has 0 bridgehead atoms. The SMILES string of the molecule is CC(CCO)Nc1nn2c(C(C)C)ncc2c(=O)[nH]1. The van der Waals surface area contributed by atoms with Gasteiger partial charge >= 0.3 is 0 Å². The zero-order valence-corrected chi connectivity index (χ0v) is 11.3. The molecule has 7 nitrogen and oxygen atoms in total. The largest absolute Gasteiger partial charge is 0.396 e. The van der Waals surface area contributed by atoms with Gasteiger partial charge in [0.2, 0.25) is 5.95 Å². The van der Waals surface area contributed by atoms with E-state index in [0.717, 1.165) is 5.82 Å². The average molecular weight is 265 g/mol. The molecule has 0 spiro atoms. The Kier molecular flexibility index (Phi) is 3.84. The minimum Gasteiger partial charge on any atom is -0.396 e. The molecule has 0 saturated carbocycles. The highest BCUT2D eigenvalue weighted by atomic mass is 16.3. The number of aromatic nitrogens is 4.